The lowest BCUT2D eigenvalue weighted by molar-refractivity contribution is 0.409. The molecule has 2 heterocycles. The van der Waals surface area contributed by atoms with Gasteiger partial charge in [-0.3, -0.25) is 0 Å². The molecule has 0 N–H and O–H groups in total. The molecule has 2 aromatic heterocycles. The molecule has 5 heteroatoms. The number of nitriles is 1. The standard InChI is InChI=1S/C17H17N5/c1-21(2)9-8-16-19-17-14(11-18)10-15(12-22(17)20-16)13-6-4-3-5-7-13/h3-7,10,12H,8-9H2,1-2H3. The van der Waals surface area contributed by atoms with Crippen molar-refractivity contribution in [2.45, 2.75) is 6.42 Å². The number of aromatic nitrogens is 3. The van der Waals surface area contributed by atoms with E-state index in [4.69, 9.17) is 0 Å². The smallest absolute Gasteiger partial charge is 0.173 e. The molecule has 110 valence electrons. The zero-order valence-corrected chi connectivity index (χ0v) is 12.7. The summed E-state index contributed by atoms with van der Waals surface area (Å²) in [4.78, 5) is 6.58. The minimum Gasteiger partial charge on any atom is -0.309 e. The number of benzene rings is 1. The second-order valence-corrected chi connectivity index (χ2v) is 5.47. The first-order valence-electron chi connectivity index (χ1n) is 7.17. The van der Waals surface area contributed by atoms with Crippen molar-refractivity contribution in [1.82, 2.24) is 19.5 Å². The predicted octanol–water partition coefficient (Wildman–Crippen LogP) is 2.37. The van der Waals surface area contributed by atoms with E-state index in [1.807, 2.05) is 56.7 Å². The van der Waals surface area contributed by atoms with E-state index in [2.05, 4.69) is 21.1 Å². The Morgan fingerprint density at radius 1 is 1.18 bits per heavy atom. The Labute approximate surface area is 129 Å². The number of nitrogens with zero attached hydrogens (tertiary/aromatic N) is 5. The normalized spacial score (nSPS) is 11.0. The number of fused-ring (bicyclic) bond motifs is 1. The molecule has 0 fully saturated rings. The van der Waals surface area contributed by atoms with E-state index >= 15 is 0 Å². The number of likely N-dealkylation sites (N-methyl/N-ethyl adjacent to an activating group) is 1. The molecule has 3 rings (SSSR count). The van der Waals surface area contributed by atoms with Crippen LogP contribution in [0.5, 0.6) is 0 Å². The Kier molecular flexibility index (Phi) is 3.86. The molecule has 0 spiro atoms. The second kappa shape index (κ2) is 5.96. The zero-order valence-electron chi connectivity index (χ0n) is 12.7. The van der Waals surface area contributed by atoms with E-state index in [-0.39, 0.29) is 0 Å². The van der Waals surface area contributed by atoms with E-state index in [0.717, 1.165) is 29.9 Å². The van der Waals surface area contributed by atoms with E-state index < -0.39 is 0 Å². The summed E-state index contributed by atoms with van der Waals surface area (Å²) in [5.74, 6) is 0.760. The van der Waals surface area contributed by atoms with Gasteiger partial charge in [-0.05, 0) is 25.7 Å². The SMILES string of the molecule is CN(C)CCc1nc2c(C#N)cc(-c3ccccc3)cn2n1. The minimum atomic E-state index is 0.546. The van der Waals surface area contributed by atoms with Gasteiger partial charge in [0, 0.05) is 24.7 Å². The topological polar surface area (TPSA) is 57.2 Å². The number of rotatable bonds is 4. The molecule has 1 aromatic carbocycles. The lowest BCUT2D eigenvalue weighted by Crippen LogP contribution is -2.15. The van der Waals surface area contributed by atoms with Gasteiger partial charge in [0.1, 0.15) is 6.07 Å². The molecule has 0 bridgehead atoms. The maximum Gasteiger partial charge on any atom is 0.173 e. The summed E-state index contributed by atoms with van der Waals surface area (Å²) in [7, 11) is 4.04. The highest BCUT2D eigenvalue weighted by Crippen LogP contribution is 2.22. The van der Waals surface area contributed by atoms with Crippen LogP contribution in [0.25, 0.3) is 16.8 Å². The first kappa shape index (κ1) is 14.2. The maximum atomic E-state index is 9.40. The molecule has 22 heavy (non-hydrogen) atoms. The molecule has 0 aliphatic carbocycles. The Hall–Kier alpha value is -2.71. The van der Waals surface area contributed by atoms with Crippen molar-refractivity contribution in [3.8, 4) is 17.2 Å². The summed E-state index contributed by atoms with van der Waals surface area (Å²) >= 11 is 0. The Morgan fingerprint density at radius 3 is 2.64 bits per heavy atom. The van der Waals surface area contributed by atoms with Gasteiger partial charge in [0.05, 0.1) is 5.56 Å². The van der Waals surface area contributed by atoms with Crippen molar-refractivity contribution in [2.24, 2.45) is 0 Å². The van der Waals surface area contributed by atoms with Crippen molar-refractivity contribution in [2.75, 3.05) is 20.6 Å². The summed E-state index contributed by atoms with van der Waals surface area (Å²) in [5.41, 5.74) is 3.20. The average Bonchev–Trinajstić information content (AvgIpc) is 2.95. The highest BCUT2D eigenvalue weighted by molar-refractivity contribution is 5.69. The van der Waals surface area contributed by atoms with Crippen molar-refractivity contribution in [1.29, 1.82) is 5.26 Å². The average molecular weight is 291 g/mol. The minimum absolute atomic E-state index is 0.546. The van der Waals surface area contributed by atoms with Gasteiger partial charge in [-0.2, -0.15) is 10.4 Å². The van der Waals surface area contributed by atoms with Crippen LogP contribution in [0.3, 0.4) is 0 Å². The lowest BCUT2D eigenvalue weighted by atomic mass is 10.1. The molecule has 0 aliphatic heterocycles. The molecular weight excluding hydrogens is 274 g/mol. The van der Waals surface area contributed by atoms with E-state index in [0.29, 0.717) is 11.2 Å². The summed E-state index contributed by atoms with van der Waals surface area (Å²) in [6.45, 7) is 0.879. The summed E-state index contributed by atoms with van der Waals surface area (Å²) < 4.78 is 1.71. The molecular formula is C17H17N5. The van der Waals surface area contributed by atoms with E-state index in [1.165, 1.54) is 0 Å². The van der Waals surface area contributed by atoms with Crippen LogP contribution in [-0.2, 0) is 6.42 Å². The highest BCUT2D eigenvalue weighted by Gasteiger charge is 2.11. The van der Waals surface area contributed by atoms with Crippen LogP contribution in [-0.4, -0.2) is 40.1 Å². The number of hydrogen-bond acceptors (Lipinski definition) is 4. The van der Waals surface area contributed by atoms with Crippen LogP contribution in [0.15, 0.2) is 42.6 Å². The lowest BCUT2D eigenvalue weighted by Gasteiger charge is -2.05. The van der Waals surface area contributed by atoms with Gasteiger partial charge in [0.15, 0.2) is 11.5 Å². The first-order valence-corrected chi connectivity index (χ1v) is 7.17. The predicted molar refractivity (Wildman–Crippen MR) is 85.4 cm³/mol. The second-order valence-electron chi connectivity index (χ2n) is 5.47. The van der Waals surface area contributed by atoms with Crippen LogP contribution >= 0.6 is 0 Å². The summed E-state index contributed by atoms with van der Waals surface area (Å²) in [6, 6.07) is 14.1. The fraction of sp³-hybridized carbons (Fsp3) is 0.235. The highest BCUT2D eigenvalue weighted by atomic mass is 15.3. The third-order valence-corrected chi connectivity index (χ3v) is 3.49. The van der Waals surface area contributed by atoms with Gasteiger partial charge in [-0.1, -0.05) is 30.3 Å². The van der Waals surface area contributed by atoms with Crippen LogP contribution in [0.4, 0.5) is 0 Å². The monoisotopic (exact) mass is 291 g/mol. The third-order valence-electron chi connectivity index (χ3n) is 3.49. The van der Waals surface area contributed by atoms with Gasteiger partial charge < -0.3 is 4.90 Å². The fourth-order valence-electron chi connectivity index (χ4n) is 2.33. The Morgan fingerprint density at radius 2 is 1.95 bits per heavy atom. The molecule has 0 saturated carbocycles. The molecule has 0 amide bonds. The zero-order chi connectivity index (χ0) is 15.5. The maximum absolute atomic E-state index is 9.40. The van der Waals surface area contributed by atoms with E-state index in [9.17, 15) is 5.26 Å². The molecule has 0 aliphatic rings. The Bertz CT molecular complexity index is 827. The molecule has 0 saturated heterocycles. The number of pyridine rings is 1. The Balaban J connectivity index is 2.06. The summed E-state index contributed by atoms with van der Waals surface area (Å²) in [6.07, 6.45) is 2.69. The van der Waals surface area contributed by atoms with E-state index in [1.54, 1.807) is 4.52 Å². The van der Waals surface area contributed by atoms with Crippen LogP contribution in [0.1, 0.15) is 11.4 Å². The van der Waals surface area contributed by atoms with Crippen molar-refractivity contribution >= 4 is 5.65 Å². The molecule has 0 atom stereocenters. The third kappa shape index (κ3) is 2.83. The van der Waals surface area contributed by atoms with Crippen LogP contribution < -0.4 is 0 Å². The van der Waals surface area contributed by atoms with Gasteiger partial charge in [-0.15, -0.1) is 0 Å². The molecule has 3 aromatic rings. The van der Waals surface area contributed by atoms with Gasteiger partial charge >= 0.3 is 0 Å². The quantitative estimate of drug-likeness (QED) is 0.740. The van der Waals surface area contributed by atoms with Crippen LogP contribution in [0, 0.1) is 11.3 Å². The van der Waals surface area contributed by atoms with Crippen molar-refractivity contribution < 1.29 is 0 Å². The largest absolute Gasteiger partial charge is 0.309 e. The molecule has 5 nitrogen and oxygen atoms in total. The van der Waals surface area contributed by atoms with Crippen molar-refractivity contribution in [3.05, 3.63) is 54.0 Å². The molecule has 0 unspecified atom stereocenters. The van der Waals surface area contributed by atoms with Gasteiger partial charge in [-0.25, -0.2) is 9.50 Å². The van der Waals surface area contributed by atoms with Crippen LogP contribution in [0.2, 0.25) is 0 Å². The summed E-state index contributed by atoms with van der Waals surface area (Å²) in [5, 5.41) is 13.9. The van der Waals surface area contributed by atoms with Gasteiger partial charge in [0.2, 0.25) is 0 Å². The van der Waals surface area contributed by atoms with Gasteiger partial charge in [0.25, 0.3) is 0 Å². The fourth-order valence-corrected chi connectivity index (χ4v) is 2.33. The van der Waals surface area contributed by atoms with Crippen molar-refractivity contribution in [3.63, 3.8) is 0 Å². The first-order chi connectivity index (χ1) is 10.7. The molecule has 0 radical (unpaired) electrons. The number of hydrogen-bond donors (Lipinski definition) is 0.